The van der Waals surface area contributed by atoms with E-state index in [2.05, 4.69) is 0 Å². The summed E-state index contributed by atoms with van der Waals surface area (Å²) in [5.74, 6) is 0. The van der Waals surface area contributed by atoms with Crippen molar-refractivity contribution in [2.45, 2.75) is 11.3 Å². The van der Waals surface area contributed by atoms with E-state index >= 15 is 0 Å². The largest absolute Gasteiger partial charge is 0.272 e. The number of nitrogens with zero attached hydrogens (tertiary/aromatic N) is 1. The van der Waals surface area contributed by atoms with Crippen LogP contribution in [-0.2, 0) is 4.33 Å². The molecular formula is C14H11Cl2NO2. The summed E-state index contributed by atoms with van der Waals surface area (Å²) in [5.41, 5.74) is 1.93. The molecule has 0 aliphatic carbocycles. The Morgan fingerprint density at radius 2 is 1.68 bits per heavy atom. The molecule has 2 aromatic rings. The summed E-state index contributed by atoms with van der Waals surface area (Å²) in [6, 6.07) is 13.8. The molecule has 0 aromatic heterocycles. The first kappa shape index (κ1) is 13.8. The Balaban J connectivity index is 2.47. The molecule has 19 heavy (non-hydrogen) atoms. The molecule has 0 bridgehead atoms. The molecule has 3 nitrogen and oxygen atoms in total. The van der Waals surface area contributed by atoms with Crippen LogP contribution in [0.1, 0.15) is 16.7 Å². The minimum Gasteiger partial charge on any atom is -0.258 e. The van der Waals surface area contributed by atoms with Crippen molar-refractivity contribution >= 4 is 28.9 Å². The fourth-order valence-electron chi connectivity index (χ4n) is 1.87. The van der Waals surface area contributed by atoms with Crippen LogP contribution in [0.25, 0.3) is 0 Å². The van der Waals surface area contributed by atoms with Gasteiger partial charge < -0.3 is 0 Å². The molecule has 0 spiro atoms. The van der Waals surface area contributed by atoms with E-state index in [1.54, 1.807) is 19.1 Å². The maximum atomic E-state index is 10.8. The number of nitro benzene ring substituents is 1. The molecular weight excluding hydrogens is 285 g/mol. The number of benzene rings is 2. The average Bonchev–Trinajstić information content (AvgIpc) is 2.39. The molecule has 2 rings (SSSR count). The minimum absolute atomic E-state index is 0.0564. The first-order valence-corrected chi connectivity index (χ1v) is 6.37. The van der Waals surface area contributed by atoms with Crippen molar-refractivity contribution in [2.75, 3.05) is 0 Å². The van der Waals surface area contributed by atoms with Crippen LogP contribution in [0, 0.1) is 17.0 Å². The zero-order valence-electron chi connectivity index (χ0n) is 10.1. The molecule has 0 radical (unpaired) electrons. The topological polar surface area (TPSA) is 43.1 Å². The third kappa shape index (κ3) is 2.72. The summed E-state index contributed by atoms with van der Waals surface area (Å²) in [5, 5.41) is 10.8. The van der Waals surface area contributed by atoms with Crippen LogP contribution in [0.2, 0.25) is 0 Å². The van der Waals surface area contributed by atoms with Gasteiger partial charge in [-0.2, -0.15) is 0 Å². The van der Waals surface area contributed by atoms with Crippen molar-refractivity contribution in [3.63, 3.8) is 0 Å². The molecule has 0 aliphatic heterocycles. The molecule has 0 saturated heterocycles. The first-order valence-electron chi connectivity index (χ1n) is 5.62. The Hall–Kier alpha value is -1.58. The Labute approximate surface area is 120 Å². The van der Waals surface area contributed by atoms with Crippen LogP contribution in [-0.4, -0.2) is 4.92 Å². The Kier molecular flexibility index (Phi) is 3.78. The number of hydrogen-bond acceptors (Lipinski definition) is 2. The third-order valence-electron chi connectivity index (χ3n) is 2.89. The molecule has 0 atom stereocenters. The number of rotatable bonds is 3. The van der Waals surface area contributed by atoms with Crippen LogP contribution in [0.5, 0.6) is 0 Å². The fourth-order valence-corrected chi connectivity index (χ4v) is 2.36. The highest BCUT2D eigenvalue weighted by Gasteiger charge is 2.30. The van der Waals surface area contributed by atoms with Crippen LogP contribution in [0.4, 0.5) is 5.69 Å². The van der Waals surface area contributed by atoms with Gasteiger partial charge in [0, 0.05) is 11.6 Å². The maximum absolute atomic E-state index is 10.8. The Morgan fingerprint density at radius 3 is 2.21 bits per heavy atom. The number of aryl methyl sites for hydroxylation is 1. The first-order chi connectivity index (χ1) is 8.93. The molecule has 98 valence electrons. The van der Waals surface area contributed by atoms with E-state index in [1.165, 1.54) is 6.07 Å². The van der Waals surface area contributed by atoms with Crippen LogP contribution in [0.15, 0.2) is 48.5 Å². The highest BCUT2D eigenvalue weighted by Crippen LogP contribution is 2.41. The summed E-state index contributed by atoms with van der Waals surface area (Å²) < 4.78 is -1.22. The second-order valence-corrected chi connectivity index (χ2v) is 5.53. The standard InChI is InChI=1S/C14H11Cl2NO2/c1-10-9-12(7-8-13(10)17(18)19)14(15,16)11-5-3-2-4-6-11/h2-9H,1H3. The van der Waals surface area contributed by atoms with Gasteiger partial charge in [0.25, 0.3) is 5.69 Å². The van der Waals surface area contributed by atoms with Gasteiger partial charge in [-0.05, 0) is 30.2 Å². The third-order valence-corrected chi connectivity index (χ3v) is 3.77. The van der Waals surface area contributed by atoms with Crippen molar-refractivity contribution < 1.29 is 4.92 Å². The normalized spacial score (nSPS) is 11.3. The fraction of sp³-hybridized carbons (Fsp3) is 0.143. The lowest BCUT2D eigenvalue weighted by Gasteiger charge is -2.21. The Bertz CT molecular complexity index is 612. The highest BCUT2D eigenvalue weighted by molar-refractivity contribution is 6.50. The molecule has 5 heteroatoms. The van der Waals surface area contributed by atoms with E-state index in [9.17, 15) is 10.1 Å². The molecule has 0 saturated carbocycles. The predicted molar refractivity (Wildman–Crippen MR) is 76.8 cm³/mol. The van der Waals surface area contributed by atoms with E-state index in [-0.39, 0.29) is 5.69 Å². The van der Waals surface area contributed by atoms with Gasteiger partial charge in [-0.1, -0.05) is 53.5 Å². The second kappa shape index (κ2) is 5.19. The van der Waals surface area contributed by atoms with E-state index in [4.69, 9.17) is 23.2 Å². The summed E-state index contributed by atoms with van der Waals surface area (Å²) in [6.45, 7) is 1.66. The van der Waals surface area contributed by atoms with Crippen molar-refractivity contribution in [1.82, 2.24) is 0 Å². The van der Waals surface area contributed by atoms with Gasteiger partial charge in [0.15, 0.2) is 4.33 Å². The van der Waals surface area contributed by atoms with E-state index in [0.29, 0.717) is 11.1 Å². The van der Waals surface area contributed by atoms with E-state index in [1.807, 2.05) is 30.3 Å². The van der Waals surface area contributed by atoms with Crippen LogP contribution in [0.3, 0.4) is 0 Å². The lowest BCUT2D eigenvalue weighted by Crippen LogP contribution is -2.12. The minimum atomic E-state index is -1.22. The van der Waals surface area contributed by atoms with Crippen LogP contribution < -0.4 is 0 Å². The number of nitro groups is 1. The van der Waals surface area contributed by atoms with Crippen molar-refractivity contribution in [1.29, 1.82) is 0 Å². The monoisotopic (exact) mass is 295 g/mol. The number of alkyl halides is 2. The number of hydrogen-bond donors (Lipinski definition) is 0. The second-order valence-electron chi connectivity index (χ2n) is 4.20. The lowest BCUT2D eigenvalue weighted by molar-refractivity contribution is -0.385. The predicted octanol–water partition coefficient (Wildman–Crippen LogP) is 4.58. The molecule has 2 aromatic carbocycles. The molecule has 0 N–H and O–H groups in total. The molecule has 0 heterocycles. The highest BCUT2D eigenvalue weighted by atomic mass is 35.5. The van der Waals surface area contributed by atoms with Crippen LogP contribution >= 0.6 is 23.2 Å². The zero-order valence-corrected chi connectivity index (χ0v) is 11.7. The van der Waals surface area contributed by atoms with Gasteiger partial charge in [0.1, 0.15) is 0 Å². The molecule has 0 amide bonds. The number of halogens is 2. The van der Waals surface area contributed by atoms with Crippen molar-refractivity contribution in [2.24, 2.45) is 0 Å². The lowest BCUT2D eigenvalue weighted by atomic mass is 10.0. The summed E-state index contributed by atoms with van der Waals surface area (Å²) in [6.07, 6.45) is 0. The Morgan fingerprint density at radius 1 is 1.05 bits per heavy atom. The van der Waals surface area contributed by atoms with E-state index in [0.717, 1.165) is 5.56 Å². The summed E-state index contributed by atoms with van der Waals surface area (Å²) in [4.78, 5) is 10.4. The summed E-state index contributed by atoms with van der Waals surface area (Å²) >= 11 is 12.8. The van der Waals surface area contributed by atoms with Crippen molar-refractivity contribution in [3.8, 4) is 0 Å². The van der Waals surface area contributed by atoms with E-state index < -0.39 is 9.26 Å². The van der Waals surface area contributed by atoms with Gasteiger partial charge in [-0.25, -0.2) is 0 Å². The smallest absolute Gasteiger partial charge is 0.258 e. The quantitative estimate of drug-likeness (QED) is 0.472. The van der Waals surface area contributed by atoms with Gasteiger partial charge in [0.05, 0.1) is 4.92 Å². The van der Waals surface area contributed by atoms with Gasteiger partial charge >= 0.3 is 0 Å². The SMILES string of the molecule is Cc1cc(C(Cl)(Cl)c2ccccc2)ccc1[N+](=O)[O-]. The van der Waals surface area contributed by atoms with Gasteiger partial charge in [-0.15, -0.1) is 0 Å². The zero-order chi connectivity index (χ0) is 14.0. The molecule has 0 fully saturated rings. The summed E-state index contributed by atoms with van der Waals surface area (Å²) in [7, 11) is 0. The van der Waals surface area contributed by atoms with Crippen molar-refractivity contribution in [3.05, 3.63) is 75.3 Å². The maximum Gasteiger partial charge on any atom is 0.272 e. The molecule has 0 aliphatic rings. The van der Waals surface area contributed by atoms with Gasteiger partial charge in [0.2, 0.25) is 0 Å². The average molecular weight is 296 g/mol. The van der Waals surface area contributed by atoms with Gasteiger partial charge in [-0.3, -0.25) is 10.1 Å². The molecule has 0 unspecified atom stereocenters.